The molecule has 0 fully saturated rings. The second-order valence-corrected chi connectivity index (χ2v) is 18.5. The largest absolute Gasteiger partial charge is 0.309 e. The summed E-state index contributed by atoms with van der Waals surface area (Å²) < 4.78 is 0. The Balaban J connectivity index is 1.10. The molecule has 10 aromatic carbocycles. The minimum absolute atomic E-state index is 0.189. The molecule has 0 saturated carbocycles. The molecule has 0 aromatic heterocycles. The first-order valence-electron chi connectivity index (χ1n) is 23.2. The number of para-hydroxylation sites is 2. The molecule has 12 rings (SSSR count). The Labute approximate surface area is 389 Å². The molecule has 10 aromatic rings. The molecule has 0 spiro atoms. The van der Waals surface area contributed by atoms with Gasteiger partial charge in [-0.2, -0.15) is 0 Å². The highest BCUT2D eigenvalue weighted by Gasteiger charge is 2.42. The first-order valence-corrected chi connectivity index (χ1v) is 23.2. The fourth-order valence-electron chi connectivity index (χ4n) is 11.4. The van der Waals surface area contributed by atoms with Crippen molar-refractivity contribution < 1.29 is 0 Å². The van der Waals surface area contributed by atoms with Gasteiger partial charge in [0, 0.05) is 27.6 Å². The summed E-state index contributed by atoms with van der Waals surface area (Å²) in [6, 6.07) is 89.8. The van der Waals surface area contributed by atoms with Crippen LogP contribution in [0, 0.1) is 0 Å². The third-order valence-corrected chi connectivity index (χ3v) is 14.6. The number of benzene rings is 10. The van der Waals surface area contributed by atoms with Crippen molar-refractivity contribution in [3.63, 3.8) is 0 Å². The average molecular weight is 844 g/mol. The highest BCUT2D eigenvalue weighted by Crippen LogP contribution is 2.57. The Kier molecular flexibility index (Phi) is 9.36. The standard InChI is InChI=1S/C65H49N/c1-64(2)58-36-16-12-32-53(58)56-34-21-35-57(63(56)64)55-33-15-19-39-62(55)66(48-40-41-54-52-31-13-17-37-59(52)65(3,60(54)43-48)47-26-8-5-9-27-47)61-38-18-14-30-51(61)46-25-20-24-45(42-46)50-29-11-10-28-49(50)44-22-6-4-7-23-44/h4-43H,1-3H3. The molecular weight excluding hydrogens is 795 g/mol. The predicted molar refractivity (Wildman–Crippen MR) is 278 cm³/mol. The summed E-state index contributed by atoms with van der Waals surface area (Å²) in [4.78, 5) is 2.54. The summed E-state index contributed by atoms with van der Waals surface area (Å²) in [7, 11) is 0. The number of hydrogen-bond donors (Lipinski definition) is 0. The lowest BCUT2D eigenvalue weighted by Crippen LogP contribution is -2.23. The van der Waals surface area contributed by atoms with Crippen molar-refractivity contribution in [2.45, 2.75) is 31.6 Å². The van der Waals surface area contributed by atoms with E-state index in [-0.39, 0.29) is 10.8 Å². The Morgan fingerprint density at radius 3 is 1.42 bits per heavy atom. The van der Waals surface area contributed by atoms with Crippen molar-refractivity contribution in [2.75, 3.05) is 4.90 Å². The summed E-state index contributed by atoms with van der Waals surface area (Å²) in [5.74, 6) is 0. The smallest absolute Gasteiger partial charge is 0.0540 e. The van der Waals surface area contributed by atoms with Crippen LogP contribution in [0.15, 0.2) is 243 Å². The summed E-state index contributed by atoms with van der Waals surface area (Å²) >= 11 is 0. The van der Waals surface area contributed by atoms with E-state index < -0.39 is 0 Å². The van der Waals surface area contributed by atoms with Crippen molar-refractivity contribution in [3.05, 3.63) is 270 Å². The van der Waals surface area contributed by atoms with Crippen LogP contribution >= 0.6 is 0 Å². The van der Waals surface area contributed by atoms with Gasteiger partial charge in [0.15, 0.2) is 0 Å². The van der Waals surface area contributed by atoms with E-state index >= 15 is 0 Å². The van der Waals surface area contributed by atoms with Crippen LogP contribution < -0.4 is 4.90 Å². The maximum absolute atomic E-state index is 2.54. The van der Waals surface area contributed by atoms with Gasteiger partial charge in [-0.15, -0.1) is 0 Å². The number of anilines is 3. The summed E-state index contributed by atoms with van der Waals surface area (Å²) in [6.45, 7) is 7.19. The quantitative estimate of drug-likeness (QED) is 0.147. The third kappa shape index (κ3) is 6.15. The fraction of sp³-hybridized carbons (Fsp3) is 0.0769. The second kappa shape index (κ2) is 15.6. The Hall–Kier alpha value is -8.00. The molecular formula is C65H49N. The minimum Gasteiger partial charge on any atom is -0.309 e. The molecule has 0 radical (unpaired) electrons. The molecule has 0 N–H and O–H groups in total. The van der Waals surface area contributed by atoms with E-state index in [0.29, 0.717) is 0 Å². The topological polar surface area (TPSA) is 3.24 Å². The highest BCUT2D eigenvalue weighted by molar-refractivity contribution is 5.98. The Bertz CT molecular complexity index is 3470. The van der Waals surface area contributed by atoms with E-state index in [1.54, 1.807) is 0 Å². The number of hydrogen-bond acceptors (Lipinski definition) is 1. The molecule has 0 bridgehead atoms. The predicted octanol–water partition coefficient (Wildman–Crippen LogP) is 17.5. The molecule has 2 aliphatic carbocycles. The fourth-order valence-corrected chi connectivity index (χ4v) is 11.4. The highest BCUT2D eigenvalue weighted by atomic mass is 15.1. The Morgan fingerprint density at radius 1 is 0.288 bits per heavy atom. The van der Waals surface area contributed by atoms with E-state index in [1.165, 1.54) is 83.5 Å². The van der Waals surface area contributed by atoms with Gasteiger partial charge in [0.05, 0.1) is 11.4 Å². The van der Waals surface area contributed by atoms with Crippen molar-refractivity contribution in [3.8, 4) is 66.8 Å². The van der Waals surface area contributed by atoms with Gasteiger partial charge in [-0.25, -0.2) is 0 Å². The summed E-state index contributed by atoms with van der Waals surface area (Å²) in [6.07, 6.45) is 0. The average Bonchev–Trinajstić information content (AvgIpc) is 3.78. The molecule has 1 nitrogen and oxygen atoms in total. The molecule has 1 unspecified atom stereocenters. The first kappa shape index (κ1) is 39.6. The molecule has 2 aliphatic rings. The van der Waals surface area contributed by atoms with E-state index in [0.717, 1.165) is 28.2 Å². The van der Waals surface area contributed by atoms with Crippen LogP contribution in [0.25, 0.3) is 66.8 Å². The van der Waals surface area contributed by atoms with E-state index in [2.05, 4.69) is 268 Å². The van der Waals surface area contributed by atoms with Crippen LogP contribution in [-0.4, -0.2) is 0 Å². The van der Waals surface area contributed by atoms with Gasteiger partial charge in [0.25, 0.3) is 0 Å². The van der Waals surface area contributed by atoms with Crippen LogP contribution in [-0.2, 0) is 10.8 Å². The number of nitrogens with zero attached hydrogens (tertiary/aromatic N) is 1. The molecule has 314 valence electrons. The van der Waals surface area contributed by atoms with Crippen LogP contribution in [0.5, 0.6) is 0 Å². The van der Waals surface area contributed by atoms with Crippen molar-refractivity contribution in [1.82, 2.24) is 0 Å². The van der Waals surface area contributed by atoms with Gasteiger partial charge < -0.3 is 4.90 Å². The second-order valence-electron chi connectivity index (χ2n) is 18.5. The molecule has 0 saturated heterocycles. The molecule has 0 aliphatic heterocycles. The number of fused-ring (bicyclic) bond motifs is 6. The minimum atomic E-state index is -0.357. The third-order valence-electron chi connectivity index (χ3n) is 14.6. The van der Waals surface area contributed by atoms with Crippen LogP contribution in [0.4, 0.5) is 17.1 Å². The molecule has 1 heteroatoms. The SMILES string of the molecule is CC1(C)c2ccccc2-c2cccc(-c3ccccc3N(c3ccc4c(c3)C(C)(c3ccccc3)c3ccccc3-4)c3ccccc3-c3cccc(-c4ccccc4-c4ccccc4)c3)c21. The molecule has 0 heterocycles. The van der Waals surface area contributed by atoms with Crippen molar-refractivity contribution in [2.24, 2.45) is 0 Å². The van der Waals surface area contributed by atoms with Gasteiger partial charge in [0.2, 0.25) is 0 Å². The lowest BCUT2D eigenvalue weighted by Gasteiger charge is -2.33. The van der Waals surface area contributed by atoms with Gasteiger partial charge in [-0.1, -0.05) is 226 Å². The van der Waals surface area contributed by atoms with E-state index in [1.807, 2.05) is 0 Å². The summed E-state index contributed by atoms with van der Waals surface area (Å²) in [5.41, 5.74) is 24.3. The van der Waals surface area contributed by atoms with E-state index in [9.17, 15) is 0 Å². The van der Waals surface area contributed by atoms with Gasteiger partial charge in [0.1, 0.15) is 0 Å². The maximum atomic E-state index is 2.54. The van der Waals surface area contributed by atoms with Crippen LogP contribution in [0.2, 0.25) is 0 Å². The maximum Gasteiger partial charge on any atom is 0.0540 e. The van der Waals surface area contributed by atoms with Crippen molar-refractivity contribution >= 4 is 17.1 Å². The van der Waals surface area contributed by atoms with Gasteiger partial charge in [-0.3, -0.25) is 0 Å². The van der Waals surface area contributed by atoms with Gasteiger partial charge >= 0.3 is 0 Å². The zero-order valence-electron chi connectivity index (χ0n) is 37.5. The van der Waals surface area contributed by atoms with Gasteiger partial charge in [-0.05, 0) is 121 Å². The normalized spacial score (nSPS) is 15.1. The number of rotatable bonds is 8. The lowest BCUT2D eigenvalue weighted by molar-refractivity contribution is 0.662. The zero-order chi connectivity index (χ0) is 44.4. The molecule has 66 heavy (non-hydrogen) atoms. The first-order chi connectivity index (χ1) is 32.4. The zero-order valence-corrected chi connectivity index (χ0v) is 37.5. The monoisotopic (exact) mass is 843 g/mol. The lowest BCUT2D eigenvalue weighted by atomic mass is 9.74. The van der Waals surface area contributed by atoms with E-state index in [4.69, 9.17) is 0 Å². The van der Waals surface area contributed by atoms with Crippen LogP contribution in [0.1, 0.15) is 48.6 Å². The van der Waals surface area contributed by atoms with Crippen LogP contribution in [0.3, 0.4) is 0 Å². The summed E-state index contributed by atoms with van der Waals surface area (Å²) in [5, 5.41) is 0. The molecule has 0 amide bonds. The molecule has 1 atom stereocenters. The van der Waals surface area contributed by atoms with Crippen molar-refractivity contribution in [1.29, 1.82) is 0 Å². The Morgan fingerprint density at radius 2 is 0.727 bits per heavy atom.